The van der Waals surface area contributed by atoms with Gasteiger partial charge in [-0.1, -0.05) is 25.1 Å². The monoisotopic (exact) mass is 191 g/mol. The molecule has 2 nitrogen and oxygen atoms in total. The number of benzene rings is 1. The lowest BCUT2D eigenvalue weighted by Gasteiger charge is -2.31. The summed E-state index contributed by atoms with van der Waals surface area (Å²) in [6, 6.07) is 8.75. The Morgan fingerprint density at radius 1 is 1.43 bits per heavy atom. The first-order chi connectivity index (χ1) is 6.85. The highest BCUT2D eigenvalue weighted by Crippen LogP contribution is 2.34. The summed E-state index contributed by atoms with van der Waals surface area (Å²) in [5.74, 6) is 1.05. The highest BCUT2D eigenvalue weighted by molar-refractivity contribution is 5.37. The fraction of sp³-hybridized carbons (Fsp3) is 0.500. The van der Waals surface area contributed by atoms with E-state index in [0.29, 0.717) is 12.1 Å². The first kappa shape index (κ1) is 9.53. The van der Waals surface area contributed by atoms with Crippen LogP contribution in [0.4, 0.5) is 0 Å². The van der Waals surface area contributed by atoms with Gasteiger partial charge in [0.2, 0.25) is 0 Å². The van der Waals surface area contributed by atoms with Gasteiger partial charge in [0.15, 0.2) is 0 Å². The predicted octanol–water partition coefficient (Wildman–Crippen LogP) is 2.51. The van der Waals surface area contributed by atoms with Gasteiger partial charge in [0.05, 0.1) is 0 Å². The van der Waals surface area contributed by atoms with Crippen molar-refractivity contribution in [3.63, 3.8) is 0 Å². The van der Waals surface area contributed by atoms with Crippen molar-refractivity contribution in [3.05, 3.63) is 29.8 Å². The predicted molar refractivity (Wildman–Crippen MR) is 57.6 cm³/mol. The van der Waals surface area contributed by atoms with Gasteiger partial charge in [0.1, 0.15) is 11.9 Å². The van der Waals surface area contributed by atoms with Gasteiger partial charge >= 0.3 is 0 Å². The molecule has 2 rings (SSSR count). The van der Waals surface area contributed by atoms with E-state index in [2.05, 4.69) is 30.4 Å². The zero-order valence-electron chi connectivity index (χ0n) is 8.79. The van der Waals surface area contributed by atoms with Gasteiger partial charge in [0.25, 0.3) is 0 Å². The molecular weight excluding hydrogens is 174 g/mol. The van der Waals surface area contributed by atoms with E-state index in [1.54, 1.807) is 0 Å². The van der Waals surface area contributed by atoms with Gasteiger partial charge in [-0.15, -0.1) is 0 Å². The summed E-state index contributed by atoms with van der Waals surface area (Å²) in [7, 11) is 2.01. The molecule has 0 saturated carbocycles. The number of para-hydroxylation sites is 1. The van der Waals surface area contributed by atoms with Gasteiger partial charge in [-0.3, -0.25) is 0 Å². The van der Waals surface area contributed by atoms with Gasteiger partial charge < -0.3 is 10.1 Å². The number of ether oxygens (including phenoxy) is 1. The molecule has 2 unspecified atom stereocenters. The molecule has 0 spiro atoms. The van der Waals surface area contributed by atoms with Crippen LogP contribution in [0.2, 0.25) is 0 Å². The van der Waals surface area contributed by atoms with E-state index in [1.165, 1.54) is 5.56 Å². The lowest BCUT2D eigenvalue weighted by Crippen LogP contribution is -2.30. The third kappa shape index (κ3) is 1.62. The number of nitrogens with one attached hydrogen (secondary N) is 1. The van der Waals surface area contributed by atoms with Crippen molar-refractivity contribution in [2.24, 2.45) is 0 Å². The Labute approximate surface area is 85.3 Å². The molecule has 0 bridgehead atoms. The Morgan fingerprint density at radius 2 is 2.21 bits per heavy atom. The molecule has 1 heterocycles. The molecule has 76 valence electrons. The SMILES string of the molecule is CCC1CC(NC)c2ccccc2O1. The third-order valence-electron chi connectivity index (χ3n) is 2.89. The molecule has 0 amide bonds. The second-order valence-corrected chi connectivity index (χ2v) is 3.76. The Hall–Kier alpha value is -1.02. The van der Waals surface area contributed by atoms with Crippen molar-refractivity contribution < 1.29 is 4.74 Å². The maximum Gasteiger partial charge on any atom is 0.124 e. The maximum atomic E-state index is 5.87. The molecule has 0 aromatic heterocycles. The van der Waals surface area contributed by atoms with Crippen LogP contribution in [-0.2, 0) is 0 Å². The van der Waals surface area contributed by atoms with Crippen LogP contribution >= 0.6 is 0 Å². The summed E-state index contributed by atoms with van der Waals surface area (Å²) >= 11 is 0. The van der Waals surface area contributed by atoms with E-state index in [9.17, 15) is 0 Å². The van der Waals surface area contributed by atoms with Gasteiger partial charge in [-0.2, -0.15) is 0 Å². The highest BCUT2D eigenvalue weighted by Gasteiger charge is 2.25. The van der Waals surface area contributed by atoms with Crippen LogP contribution in [0.15, 0.2) is 24.3 Å². The standard InChI is InChI=1S/C12H17NO/c1-3-9-8-11(13-2)10-6-4-5-7-12(10)14-9/h4-7,9,11,13H,3,8H2,1-2H3. The van der Waals surface area contributed by atoms with Gasteiger partial charge in [-0.25, -0.2) is 0 Å². The van der Waals surface area contributed by atoms with Crippen molar-refractivity contribution in [1.29, 1.82) is 0 Å². The zero-order valence-corrected chi connectivity index (χ0v) is 8.79. The van der Waals surface area contributed by atoms with Crippen LogP contribution in [0.3, 0.4) is 0 Å². The van der Waals surface area contributed by atoms with Crippen LogP contribution in [-0.4, -0.2) is 13.2 Å². The first-order valence-electron chi connectivity index (χ1n) is 5.28. The number of fused-ring (bicyclic) bond motifs is 1. The normalized spacial score (nSPS) is 25.3. The minimum Gasteiger partial charge on any atom is -0.490 e. The van der Waals surface area contributed by atoms with E-state index in [-0.39, 0.29) is 0 Å². The number of rotatable bonds is 2. The molecule has 0 fully saturated rings. The van der Waals surface area contributed by atoms with E-state index in [1.807, 2.05) is 13.1 Å². The minimum atomic E-state index is 0.363. The maximum absolute atomic E-state index is 5.87. The molecule has 1 aromatic rings. The molecule has 0 aliphatic carbocycles. The molecule has 1 aliphatic rings. The van der Waals surface area contributed by atoms with E-state index in [4.69, 9.17) is 4.74 Å². The number of hydrogen-bond donors (Lipinski definition) is 1. The summed E-state index contributed by atoms with van der Waals surface area (Å²) in [5, 5.41) is 3.34. The van der Waals surface area contributed by atoms with Crippen LogP contribution in [0, 0.1) is 0 Å². The average molecular weight is 191 g/mol. The minimum absolute atomic E-state index is 0.363. The van der Waals surface area contributed by atoms with Crippen LogP contribution in [0.1, 0.15) is 31.4 Å². The van der Waals surface area contributed by atoms with Crippen molar-refractivity contribution in [2.75, 3.05) is 7.05 Å². The molecule has 14 heavy (non-hydrogen) atoms. The summed E-state index contributed by atoms with van der Waals surface area (Å²) in [5.41, 5.74) is 1.29. The second-order valence-electron chi connectivity index (χ2n) is 3.76. The highest BCUT2D eigenvalue weighted by atomic mass is 16.5. The quantitative estimate of drug-likeness (QED) is 0.775. The molecule has 2 atom stereocenters. The van der Waals surface area contributed by atoms with Gasteiger partial charge in [0, 0.05) is 18.0 Å². The Bertz CT molecular complexity index is 311. The van der Waals surface area contributed by atoms with E-state index >= 15 is 0 Å². The zero-order chi connectivity index (χ0) is 9.97. The van der Waals surface area contributed by atoms with Crippen LogP contribution in [0.25, 0.3) is 0 Å². The Kier molecular flexibility index (Phi) is 2.73. The molecular formula is C12H17NO. The summed E-state index contributed by atoms with van der Waals surface area (Å²) in [4.78, 5) is 0. The van der Waals surface area contributed by atoms with Crippen molar-refractivity contribution in [1.82, 2.24) is 5.32 Å². The van der Waals surface area contributed by atoms with Crippen LogP contribution in [0.5, 0.6) is 5.75 Å². The molecule has 1 N–H and O–H groups in total. The summed E-state index contributed by atoms with van der Waals surface area (Å²) in [6.07, 6.45) is 2.51. The largest absolute Gasteiger partial charge is 0.490 e. The Morgan fingerprint density at radius 3 is 2.93 bits per heavy atom. The number of hydrogen-bond acceptors (Lipinski definition) is 2. The fourth-order valence-corrected chi connectivity index (χ4v) is 2.02. The third-order valence-corrected chi connectivity index (χ3v) is 2.89. The molecule has 1 aromatic carbocycles. The average Bonchev–Trinajstić information content (AvgIpc) is 2.27. The smallest absolute Gasteiger partial charge is 0.124 e. The lowest BCUT2D eigenvalue weighted by molar-refractivity contribution is 0.148. The lowest BCUT2D eigenvalue weighted by atomic mass is 9.96. The first-order valence-corrected chi connectivity index (χ1v) is 5.28. The molecule has 1 aliphatic heterocycles. The van der Waals surface area contributed by atoms with Crippen molar-refractivity contribution in [2.45, 2.75) is 31.9 Å². The molecule has 2 heteroatoms. The summed E-state index contributed by atoms with van der Waals surface area (Å²) < 4.78 is 5.87. The second kappa shape index (κ2) is 4.01. The summed E-state index contributed by atoms with van der Waals surface area (Å²) in [6.45, 7) is 2.17. The van der Waals surface area contributed by atoms with E-state index < -0.39 is 0 Å². The molecule has 0 radical (unpaired) electrons. The van der Waals surface area contributed by atoms with Gasteiger partial charge in [-0.05, 0) is 19.5 Å². The van der Waals surface area contributed by atoms with Crippen molar-refractivity contribution >= 4 is 0 Å². The topological polar surface area (TPSA) is 21.3 Å². The Balaban J connectivity index is 2.31. The van der Waals surface area contributed by atoms with Crippen LogP contribution < -0.4 is 10.1 Å². The van der Waals surface area contributed by atoms with Crippen molar-refractivity contribution in [3.8, 4) is 5.75 Å². The fourth-order valence-electron chi connectivity index (χ4n) is 2.02. The van der Waals surface area contributed by atoms with E-state index in [0.717, 1.165) is 18.6 Å². The molecule has 0 saturated heterocycles.